The first-order valence-electron chi connectivity index (χ1n) is 8.48. The standard InChI is InChI=1S/C20H28N2O/c1-6-10-17-19(16-11-8-7-9-12-16)18(20(21)23)15(5)22(17)14(4)13(2)3/h7-9,11-14H,6,10H2,1-5H3,(H2,21,23). The van der Waals surface area contributed by atoms with E-state index in [0.29, 0.717) is 17.5 Å². The van der Waals surface area contributed by atoms with Crippen LogP contribution in [0, 0.1) is 12.8 Å². The Bertz CT molecular complexity index is 683. The Balaban J connectivity index is 2.82. The number of hydrogen-bond acceptors (Lipinski definition) is 1. The van der Waals surface area contributed by atoms with Crippen LogP contribution in [0.3, 0.4) is 0 Å². The van der Waals surface area contributed by atoms with Crippen molar-refractivity contribution >= 4 is 5.91 Å². The third-order valence-electron chi connectivity index (χ3n) is 4.72. The third kappa shape index (κ3) is 3.19. The van der Waals surface area contributed by atoms with Gasteiger partial charge in [-0.25, -0.2) is 0 Å². The zero-order chi connectivity index (χ0) is 17.1. The fourth-order valence-corrected chi connectivity index (χ4v) is 3.32. The lowest BCUT2D eigenvalue weighted by Crippen LogP contribution is -2.17. The molecule has 124 valence electrons. The molecule has 0 aliphatic rings. The van der Waals surface area contributed by atoms with Crippen LogP contribution in [0.5, 0.6) is 0 Å². The summed E-state index contributed by atoms with van der Waals surface area (Å²) in [5.41, 5.74) is 10.7. The van der Waals surface area contributed by atoms with E-state index in [-0.39, 0.29) is 5.91 Å². The number of carbonyl (C=O) groups is 1. The van der Waals surface area contributed by atoms with Crippen molar-refractivity contribution < 1.29 is 4.79 Å². The molecule has 0 radical (unpaired) electrons. The summed E-state index contributed by atoms with van der Waals surface area (Å²) in [6.07, 6.45) is 1.97. The highest BCUT2D eigenvalue weighted by Crippen LogP contribution is 2.37. The molecule has 3 nitrogen and oxygen atoms in total. The second-order valence-corrected chi connectivity index (χ2v) is 6.62. The average molecular weight is 312 g/mol. The van der Waals surface area contributed by atoms with Crippen molar-refractivity contribution in [2.24, 2.45) is 11.7 Å². The molecular weight excluding hydrogens is 284 g/mol. The van der Waals surface area contributed by atoms with Crippen LogP contribution in [0.15, 0.2) is 30.3 Å². The molecule has 2 N–H and O–H groups in total. The number of hydrogen-bond donors (Lipinski definition) is 1. The lowest BCUT2D eigenvalue weighted by molar-refractivity contribution is 0.1000. The smallest absolute Gasteiger partial charge is 0.251 e. The minimum Gasteiger partial charge on any atom is -0.366 e. The summed E-state index contributed by atoms with van der Waals surface area (Å²) in [5, 5.41) is 0. The summed E-state index contributed by atoms with van der Waals surface area (Å²) in [6, 6.07) is 10.5. The van der Waals surface area contributed by atoms with Gasteiger partial charge in [0.05, 0.1) is 5.56 Å². The van der Waals surface area contributed by atoms with Crippen molar-refractivity contribution in [2.75, 3.05) is 0 Å². The number of carbonyl (C=O) groups excluding carboxylic acids is 1. The lowest BCUT2D eigenvalue weighted by atomic mass is 9.98. The predicted molar refractivity (Wildman–Crippen MR) is 96.7 cm³/mol. The van der Waals surface area contributed by atoms with Gasteiger partial charge in [0.1, 0.15) is 0 Å². The van der Waals surface area contributed by atoms with E-state index in [0.717, 1.165) is 29.7 Å². The van der Waals surface area contributed by atoms with Crippen molar-refractivity contribution in [1.82, 2.24) is 4.57 Å². The topological polar surface area (TPSA) is 48.0 Å². The number of nitrogens with two attached hydrogens (primary N) is 1. The van der Waals surface area contributed by atoms with Gasteiger partial charge in [-0.15, -0.1) is 0 Å². The molecule has 1 unspecified atom stereocenters. The Morgan fingerprint density at radius 3 is 2.26 bits per heavy atom. The molecule has 1 amide bonds. The summed E-state index contributed by atoms with van der Waals surface area (Å²) in [7, 11) is 0. The van der Waals surface area contributed by atoms with Crippen LogP contribution in [0.1, 0.15) is 61.9 Å². The number of rotatable bonds is 6. The van der Waals surface area contributed by atoms with E-state index in [9.17, 15) is 4.79 Å². The Kier molecular flexibility index (Phi) is 5.30. The summed E-state index contributed by atoms with van der Waals surface area (Å²) < 4.78 is 2.33. The van der Waals surface area contributed by atoms with E-state index in [4.69, 9.17) is 5.73 Å². The molecule has 1 heterocycles. The lowest BCUT2D eigenvalue weighted by Gasteiger charge is -2.23. The van der Waals surface area contributed by atoms with Crippen molar-refractivity contribution in [3.63, 3.8) is 0 Å². The first-order valence-corrected chi connectivity index (χ1v) is 8.48. The van der Waals surface area contributed by atoms with Gasteiger partial charge in [0.25, 0.3) is 5.91 Å². The normalized spacial score (nSPS) is 12.6. The molecule has 0 aliphatic carbocycles. The predicted octanol–water partition coefficient (Wildman–Crippen LogP) is 4.73. The van der Waals surface area contributed by atoms with E-state index in [1.165, 1.54) is 5.69 Å². The summed E-state index contributed by atoms with van der Waals surface area (Å²) in [6.45, 7) is 10.8. The van der Waals surface area contributed by atoms with Crippen LogP contribution in [0.25, 0.3) is 11.1 Å². The van der Waals surface area contributed by atoms with Gasteiger partial charge in [-0.05, 0) is 31.7 Å². The van der Waals surface area contributed by atoms with Crippen molar-refractivity contribution in [3.8, 4) is 11.1 Å². The Morgan fingerprint density at radius 1 is 1.17 bits per heavy atom. The third-order valence-corrected chi connectivity index (χ3v) is 4.72. The second kappa shape index (κ2) is 7.03. The van der Waals surface area contributed by atoms with Crippen LogP contribution < -0.4 is 5.73 Å². The maximum Gasteiger partial charge on any atom is 0.251 e. The molecule has 2 aromatic rings. The first kappa shape index (κ1) is 17.3. The molecule has 0 saturated heterocycles. The van der Waals surface area contributed by atoms with Gasteiger partial charge < -0.3 is 10.3 Å². The van der Waals surface area contributed by atoms with Gasteiger partial charge in [-0.2, -0.15) is 0 Å². The number of nitrogens with zero attached hydrogens (tertiary/aromatic N) is 1. The summed E-state index contributed by atoms with van der Waals surface area (Å²) in [5.74, 6) is 0.148. The highest BCUT2D eigenvalue weighted by atomic mass is 16.1. The molecule has 1 aromatic heterocycles. The van der Waals surface area contributed by atoms with Crippen LogP contribution in [0.4, 0.5) is 0 Å². The second-order valence-electron chi connectivity index (χ2n) is 6.62. The Hall–Kier alpha value is -2.03. The number of benzene rings is 1. The van der Waals surface area contributed by atoms with Crippen molar-refractivity contribution in [3.05, 3.63) is 47.3 Å². The van der Waals surface area contributed by atoms with Gasteiger partial charge in [-0.3, -0.25) is 4.79 Å². The molecule has 0 spiro atoms. The molecule has 0 fully saturated rings. The Labute approximate surface area is 139 Å². The van der Waals surface area contributed by atoms with Gasteiger partial charge in [0, 0.05) is 23.0 Å². The van der Waals surface area contributed by atoms with E-state index in [1.807, 2.05) is 25.1 Å². The maximum absolute atomic E-state index is 12.2. The fourth-order valence-electron chi connectivity index (χ4n) is 3.32. The highest BCUT2D eigenvalue weighted by molar-refractivity contribution is 6.02. The average Bonchev–Trinajstić information content (AvgIpc) is 2.80. The van der Waals surface area contributed by atoms with E-state index < -0.39 is 0 Å². The Morgan fingerprint density at radius 2 is 1.78 bits per heavy atom. The zero-order valence-corrected chi connectivity index (χ0v) is 14.9. The van der Waals surface area contributed by atoms with E-state index in [1.54, 1.807) is 0 Å². The van der Waals surface area contributed by atoms with Gasteiger partial charge >= 0.3 is 0 Å². The molecule has 0 saturated carbocycles. The maximum atomic E-state index is 12.2. The van der Waals surface area contributed by atoms with Crippen LogP contribution in [-0.4, -0.2) is 10.5 Å². The van der Waals surface area contributed by atoms with E-state index in [2.05, 4.69) is 44.4 Å². The first-order chi connectivity index (χ1) is 10.9. The summed E-state index contributed by atoms with van der Waals surface area (Å²) >= 11 is 0. The molecule has 0 aliphatic heterocycles. The van der Waals surface area contributed by atoms with Crippen molar-refractivity contribution in [2.45, 2.75) is 53.5 Å². The van der Waals surface area contributed by atoms with Crippen LogP contribution >= 0.6 is 0 Å². The zero-order valence-electron chi connectivity index (χ0n) is 14.9. The minimum atomic E-state index is -0.339. The molecule has 1 aromatic carbocycles. The molecule has 23 heavy (non-hydrogen) atoms. The minimum absolute atomic E-state index is 0.326. The molecule has 0 bridgehead atoms. The van der Waals surface area contributed by atoms with Gasteiger partial charge in [0.2, 0.25) is 0 Å². The number of primary amides is 1. The van der Waals surface area contributed by atoms with Crippen LogP contribution in [-0.2, 0) is 6.42 Å². The molecule has 1 atom stereocenters. The van der Waals surface area contributed by atoms with Gasteiger partial charge in [0.15, 0.2) is 0 Å². The van der Waals surface area contributed by atoms with E-state index >= 15 is 0 Å². The SMILES string of the molecule is CCCc1c(-c2ccccc2)c(C(N)=O)c(C)n1C(C)C(C)C. The number of aromatic nitrogens is 1. The van der Waals surface area contributed by atoms with Crippen molar-refractivity contribution in [1.29, 1.82) is 0 Å². The quantitative estimate of drug-likeness (QED) is 0.823. The van der Waals surface area contributed by atoms with Gasteiger partial charge in [-0.1, -0.05) is 57.5 Å². The fraction of sp³-hybridized carbons (Fsp3) is 0.450. The molecule has 3 heteroatoms. The molecule has 2 rings (SSSR count). The monoisotopic (exact) mass is 312 g/mol. The van der Waals surface area contributed by atoms with Crippen LogP contribution in [0.2, 0.25) is 0 Å². The summed E-state index contributed by atoms with van der Waals surface area (Å²) in [4.78, 5) is 12.2. The largest absolute Gasteiger partial charge is 0.366 e. The molecular formula is C20H28N2O. The number of amides is 1. The highest BCUT2D eigenvalue weighted by Gasteiger charge is 2.27.